The smallest absolute Gasteiger partial charge is 0.168 e. The van der Waals surface area contributed by atoms with Crippen molar-refractivity contribution in [2.24, 2.45) is 0 Å². The van der Waals surface area contributed by atoms with Crippen LogP contribution in [0.2, 0.25) is 25.7 Å². The minimum Gasteiger partial charge on any atom is -0.505 e. The highest BCUT2D eigenvalue weighted by Gasteiger charge is 2.11. The van der Waals surface area contributed by atoms with E-state index in [2.05, 4.69) is 19.6 Å². The molecule has 0 unspecified atom stereocenters. The Kier molecular flexibility index (Phi) is 10.9. The molecule has 0 saturated heterocycles. The van der Waals surface area contributed by atoms with E-state index < -0.39 is 13.9 Å². The molecule has 1 N–H and O–H groups in total. The largest absolute Gasteiger partial charge is 0.505 e. The van der Waals surface area contributed by atoms with Gasteiger partial charge in [0.15, 0.2) is 11.6 Å². The average Bonchev–Trinajstić information content (AvgIpc) is 2.54. The number of rotatable bonds is 14. The van der Waals surface area contributed by atoms with Gasteiger partial charge in [0.05, 0.1) is 6.61 Å². The summed E-state index contributed by atoms with van der Waals surface area (Å²) in [6.07, 6.45) is 13.1. The van der Waals surface area contributed by atoms with Gasteiger partial charge >= 0.3 is 0 Å². The molecular weight excluding hydrogens is 331 g/mol. The lowest BCUT2D eigenvalue weighted by molar-refractivity contribution is 0.301. The van der Waals surface area contributed by atoms with Crippen LogP contribution in [-0.2, 0) is 0 Å². The summed E-state index contributed by atoms with van der Waals surface area (Å²) in [5.74, 6) is -0.467. The molecule has 0 amide bonds. The summed E-state index contributed by atoms with van der Waals surface area (Å²) >= 11 is 0. The van der Waals surface area contributed by atoms with Gasteiger partial charge in [-0.15, -0.1) is 0 Å². The molecule has 0 atom stereocenters. The zero-order valence-electron chi connectivity index (χ0n) is 16.5. The summed E-state index contributed by atoms with van der Waals surface area (Å²) in [5.41, 5.74) is 0. The number of ether oxygens (including phenoxy) is 1. The zero-order valence-corrected chi connectivity index (χ0v) is 17.5. The summed E-state index contributed by atoms with van der Waals surface area (Å²) in [7, 11) is -0.822. The first-order valence-corrected chi connectivity index (χ1v) is 13.7. The van der Waals surface area contributed by atoms with E-state index >= 15 is 0 Å². The molecule has 1 aromatic carbocycles. The number of hydrogen-bond acceptors (Lipinski definition) is 2. The van der Waals surface area contributed by atoms with E-state index in [1.165, 1.54) is 69.5 Å². The van der Waals surface area contributed by atoms with Crippen LogP contribution >= 0.6 is 0 Å². The molecule has 25 heavy (non-hydrogen) atoms. The predicted octanol–water partition coefficient (Wildman–Crippen LogP) is 7.15. The topological polar surface area (TPSA) is 29.5 Å². The fourth-order valence-corrected chi connectivity index (χ4v) is 4.25. The second-order valence-electron chi connectivity index (χ2n) is 8.31. The van der Waals surface area contributed by atoms with E-state index in [0.29, 0.717) is 12.4 Å². The maximum Gasteiger partial charge on any atom is 0.168 e. The first-order valence-electron chi connectivity index (χ1n) is 10.00. The number of phenolic OH excluding ortho intramolecular Hbond substituents is 1. The third kappa shape index (κ3) is 12.0. The van der Waals surface area contributed by atoms with Gasteiger partial charge < -0.3 is 9.84 Å². The maximum atomic E-state index is 13.1. The fraction of sp³-hybridized carbons (Fsp3) is 0.714. The summed E-state index contributed by atoms with van der Waals surface area (Å²) in [6, 6.07) is 5.64. The quantitative estimate of drug-likeness (QED) is 0.279. The van der Waals surface area contributed by atoms with E-state index in [4.69, 9.17) is 9.84 Å². The summed E-state index contributed by atoms with van der Waals surface area (Å²) in [4.78, 5) is 0. The maximum absolute atomic E-state index is 13.1. The van der Waals surface area contributed by atoms with Gasteiger partial charge in [0.2, 0.25) is 0 Å². The molecule has 4 heteroatoms. The van der Waals surface area contributed by atoms with Gasteiger partial charge in [-0.25, -0.2) is 4.39 Å². The highest BCUT2D eigenvalue weighted by Crippen LogP contribution is 2.21. The van der Waals surface area contributed by atoms with Gasteiger partial charge in [-0.05, 0) is 18.6 Å². The molecule has 0 saturated carbocycles. The molecule has 2 nitrogen and oxygen atoms in total. The molecule has 0 aliphatic heterocycles. The minimum atomic E-state index is -0.822. The molecule has 144 valence electrons. The number of hydrogen-bond donors (Lipinski definition) is 1. The van der Waals surface area contributed by atoms with E-state index in [9.17, 15) is 4.39 Å². The number of aromatic hydroxyl groups is 1. The fourth-order valence-electron chi connectivity index (χ4n) is 2.94. The van der Waals surface area contributed by atoms with Gasteiger partial charge in [0.25, 0.3) is 0 Å². The highest BCUT2D eigenvalue weighted by atomic mass is 28.3. The van der Waals surface area contributed by atoms with E-state index in [1.807, 2.05) is 0 Å². The van der Waals surface area contributed by atoms with Crippen LogP contribution in [0.15, 0.2) is 18.2 Å². The Hall–Kier alpha value is -1.03. The number of phenols is 1. The van der Waals surface area contributed by atoms with Crippen LogP contribution in [0.25, 0.3) is 0 Å². The van der Waals surface area contributed by atoms with Crippen molar-refractivity contribution in [2.75, 3.05) is 6.61 Å². The number of benzene rings is 1. The van der Waals surface area contributed by atoms with Crippen molar-refractivity contribution in [1.29, 1.82) is 0 Å². The molecule has 0 aliphatic carbocycles. The Morgan fingerprint density at radius 3 is 1.88 bits per heavy atom. The Morgan fingerprint density at radius 1 is 0.840 bits per heavy atom. The van der Waals surface area contributed by atoms with Gasteiger partial charge in [0, 0.05) is 14.1 Å². The van der Waals surface area contributed by atoms with Crippen molar-refractivity contribution in [2.45, 2.75) is 89.9 Å². The third-order valence-electron chi connectivity index (χ3n) is 4.51. The number of halogens is 1. The predicted molar refractivity (Wildman–Crippen MR) is 108 cm³/mol. The van der Waals surface area contributed by atoms with Crippen LogP contribution in [0.3, 0.4) is 0 Å². The van der Waals surface area contributed by atoms with Crippen LogP contribution in [0.5, 0.6) is 11.5 Å². The van der Waals surface area contributed by atoms with Crippen molar-refractivity contribution in [1.82, 2.24) is 0 Å². The standard InChI is InChI=1S/C21H37FO2Si/c1-25(2,3)17-13-11-9-7-5-4-6-8-10-12-16-24-19-14-15-21(23)20(22)18-19/h14-15,18,23H,4-13,16-17H2,1-3H3. The number of unbranched alkanes of at least 4 members (excludes halogenated alkanes) is 9. The summed E-state index contributed by atoms with van der Waals surface area (Å²) in [6.45, 7) is 7.99. The minimum absolute atomic E-state index is 0.330. The van der Waals surface area contributed by atoms with Crippen LogP contribution in [0.1, 0.15) is 64.2 Å². The summed E-state index contributed by atoms with van der Waals surface area (Å²) in [5, 5.41) is 9.12. The van der Waals surface area contributed by atoms with Crippen LogP contribution < -0.4 is 4.74 Å². The summed E-state index contributed by atoms with van der Waals surface area (Å²) < 4.78 is 18.6. The second kappa shape index (κ2) is 12.3. The lowest BCUT2D eigenvalue weighted by Crippen LogP contribution is -2.18. The lowest BCUT2D eigenvalue weighted by atomic mass is 10.1. The van der Waals surface area contributed by atoms with E-state index in [1.54, 1.807) is 6.07 Å². The SMILES string of the molecule is C[Si](C)(C)CCCCCCCCCCCCOc1ccc(O)c(F)c1. The molecular formula is C21H37FO2Si. The Bertz CT molecular complexity index is 471. The van der Waals surface area contributed by atoms with Crippen molar-refractivity contribution in [3.63, 3.8) is 0 Å². The average molecular weight is 369 g/mol. The van der Waals surface area contributed by atoms with E-state index in [-0.39, 0.29) is 5.75 Å². The van der Waals surface area contributed by atoms with Crippen LogP contribution in [0, 0.1) is 5.82 Å². The molecule has 0 aliphatic rings. The molecule has 0 bridgehead atoms. The van der Waals surface area contributed by atoms with Gasteiger partial charge in [-0.1, -0.05) is 83.5 Å². The molecule has 0 spiro atoms. The highest BCUT2D eigenvalue weighted by molar-refractivity contribution is 6.76. The Balaban J connectivity index is 1.85. The van der Waals surface area contributed by atoms with Crippen molar-refractivity contribution in [3.8, 4) is 11.5 Å². The normalized spacial score (nSPS) is 11.7. The van der Waals surface area contributed by atoms with Crippen molar-refractivity contribution >= 4 is 8.07 Å². The molecule has 0 fully saturated rings. The third-order valence-corrected chi connectivity index (χ3v) is 6.36. The van der Waals surface area contributed by atoms with Gasteiger partial charge in [-0.2, -0.15) is 0 Å². The van der Waals surface area contributed by atoms with Gasteiger partial charge in [0.1, 0.15) is 5.75 Å². The van der Waals surface area contributed by atoms with Crippen LogP contribution in [-0.4, -0.2) is 19.8 Å². The molecule has 0 heterocycles. The monoisotopic (exact) mass is 368 g/mol. The van der Waals surface area contributed by atoms with Gasteiger partial charge in [-0.3, -0.25) is 0 Å². The first-order chi connectivity index (χ1) is 11.9. The van der Waals surface area contributed by atoms with Crippen LogP contribution in [0.4, 0.5) is 4.39 Å². The Morgan fingerprint density at radius 2 is 1.36 bits per heavy atom. The van der Waals surface area contributed by atoms with Crippen molar-refractivity contribution < 1.29 is 14.2 Å². The van der Waals surface area contributed by atoms with E-state index in [0.717, 1.165) is 12.8 Å². The lowest BCUT2D eigenvalue weighted by Gasteiger charge is -2.14. The molecule has 1 aromatic rings. The first kappa shape index (κ1) is 22.0. The molecule has 0 aromatic heterocycles. The molecule has 0 radical (unpaired) electrons. The zero-order chi connectivity index (χ0) is 18.5. The Labute approximate surface area is 154 Å². The van der Waals surface area contributed by atoms with Crippen molar-refractivity contribution in [3.05, 3.63) is 24.0 Å². The second-order valence-corrected chi connectivity index (χ2v) is 13.9. The molecule has 1 rings (SSSR count).